The minimum Gasteiger partial charge on any atom is -0.493 e. The summed E-state index contributed by atoms with van der Waals surface area (Å²) in [5.74, 6) is 1.21. The van der Waals surface area contributed by atoms with Gasteiger partial charge < -0.3 is 20.2 Å². The zero-order valence-electron chi connectivity index (χ0n) is 13.0. The third-order valence-corrected chi connectivity index (χ3v) is 4.58. The van der Waals surface area contributed by atoms with Gasteiger partial charge >= 0.3 is 0 Å². The van der Waals surface area contributed by atoms with Gasteiger partial charge in [-0.1, -0.05) is 29.3 Å². The molecule has 128 valence electrons. The summed E-state index contributed by atoms with van der Waals surface area (Å²) < 4.78 is 11.9. The molecule has 0 aromatic heterocycles. The smallest absolute Gasteiger partial charge is 0.175 e. The molecular formula is C17H17BrCl2N2O2. The first-order valence-corrected chi connectivity index (χ1v) is 8.75. The van der Waals surface area contributed by atoms with E-state index in [9.17, 15) is 0 Å². The Balaban J connectivity index is 1.86. The number of hydrogen-bond donors (Lipinski definition) is 2. The highest BCUT2D eigenvalue weighted by Gasteiger charge is 2.10. The molecule has 4 nitrogen and oxygen atoms in total. The molecule has 2 aromatic carbocycles. The summed E-state index contributed by atoms with van der Waals surface area (Å²) >= 11 is 15.3. The lowest BCUT2D eigenvalue weighted by atomic mass is 10.2. The van der Waals surface area contributed by atoms with Crippen molar-refractivity contribution in [2.24, 2.45) is 0 Å². The molecule has 0 unspecified atom stereocenters. The van der Waals surface area contributed by atoms with Crippen molar-refractivity contribution < 1.29 is 9.47 Å². The molecule has 0 bridgehead atoms. The van der Waals surface area contributed by atoms with Crippen LogP contribution in [0.4, 0.5) is 0 Å². The summed E-state index contributed by atoms with van der Waals surface area (Å²) in [5, 5.41) is 11.7. The zero-order chi connectivity index (χ0) is 17.5. The molecule has 0 saturated carbocycles. The molecule has 0 heterocycles. The van der Waals surface area contributed by atoms with Crippen LogP contribution >= 0.6 is 39.1 Å². The largest absolute Gasteiger partial charge is 0.493 e. The van der Waals surface area contributed by atoms with E-state index in [0.29, 0.717) is 41.2 Å². The van der Waals surface area contributed by atoms with Gasteiger partial charge in [0.1, 0.15) is 6.61 Å². The van der Waals surface area contributed by atoms with Crippen LogP contribution in [0, 0.1) is 5.41 Å². The fraction of sp³-hybridized carbons (Fsp3) is 0.235. The highest BCUT2D eigenvalue weighted by atomic mass is 79.9. The molecule has 0 fully saturated rings. The summed E-state index contributed by atoms with van der Waals surface area (Å²) in [4.78, 5) is 0. The van der Waals surface area contributed by atoms with Crippen LogP contribution < -0.4 is 14.8 Å². The van der Waals surface area contributed by atoms with Crippen LogP contribution in [0.2, 0.25) is 10.0 Å². The minimum absolute atomic E-state index is 0.472. The average Bonchev–Trinajstić information content (AvgIpc) is 2.58. The topological polar surface area (TPSA) is 54.3 Å². The Kier molecular flexibility index (Phi) is 7.37. The standard InChI is InChI=1S/C17H17BrCl2N2O2/c1-23-16-8-12(9-21)6-13(18)17(16)24-5-4-22-10-11-2-3-14(19)15(20)7-11/h2-3,6-9,21-22H,4-5,10H2,1H3. The number of benzene rings is 2. The SMILES string of the molecule is COc1cc(C=N)cc(Br)c1OCCNCc1ccc(Cl)c(Cl)c1. The molecule has 24 heavy (non-hydrogen) atoms. The molecular weight excluding hydrogens is 415 g/mol. The van der Waals surface area contributed by atoms with Crippen LogP contribution in [0.25, 0.3) is 0 Å². The monoisotopic (exact) mass is 430 g/mol. The van der Waals surface area contributed by atoms with E-state index in [1.54, 1.807) is 19.2 Å². The minimum atomic E-state index is 0.472. The lowest BCUT2D eigenvalue weighted by Gasteiger charge is -2.14. The number of methoxy groups -OCH3 is 1. The first-order chi connectivity index (χ1) is 11.5. The van der Waals surface area contributed by atoms with Gasteiger partial charge in [0, 0.05) is 19.3 Å². The summed E-state index contributed by atoms with van der Waals surface area (Å²) in [6, 6.07) is 9.12. The Bertz CT molecular complexity index is 726. The van der Waals surface area contributed by atoms with Crippen LogP contribution in [0.5, 0.6) is 11.5 Å². The van der Waals surface area contributed by atoms with Gasteiger partial charge in [-0.15, -0.1) is 0 Å². The predicted octanol–water partition coefficient (Wildman–Crippen LogP) is 4.93. The summed E-state index contributed by atoms with van der Waals surface area (Å²) in [6.45, 7) is 1.80. The van der Waals surface area contributed by atoms with E-state index in [1.807, 2.05) is 18.2 Å². The third-order valence-electron chi connectivity index (χ3n) is 3.26. The van der Waals surface area contributed by atoms with Gasteiger partial charge in [0.25, 0.3) is 0 Å². The molecule has 0 aliphatic heterocycles. The normalized spacial score (nSPS) is 10.5. The second kappa shape index (κ2) is 9.28. The molecule has 0 spiro atoms. The number of rotatable bonds is 8. The Hall–Kier alpha value is -1.27. The van der Waals surface area contributed by atoms with Crippen LogP contribution in [-0.2, 0) is 6.54 Å². The second-order valence-electron chi connectivity index (χ2n) is 4.95. The Morgan fingerprint density at radius 1 is 1.21 bits per heavy atom. The summed E-state index contributed by atoms with van der Waals surface area (Å²) in [5.41, 5.74) is 1.79. The van der Waals surface area contributed by atoms with Crippen molar-refractivity contribution in [2.75, 3.05) is 20.3 Å². The number of nitrogens with one attached hydrogen (secondary N) is 2. The summed E-state index contributed by atoms with van der Waals surface area (Å²) in [7, 11) is 1.57. The van der Waals surface area contributed by atoms with E-state index in [0.717, 1.165) is 15.6 Å². The number of halogens is 3. The summed E-state index contributed by atoms with van der Waals surface area (Å²) in [6.07, 6.45) is 1.26. The van der Waals surface area contributed by atoms with Crippen molar-refractivity contribution in [3.8, 4) is 11.5 Å². The van der Waals surface area contributed by atoms with Crippen molar-refractivity contribution >= 4 is 45.3 Å². The van der Waals surface area contributed by atoms with Crippen LogP contribution in [0.1, 0.15) is 11.1 Å². The van der Waals surface area contributed by atoms with Crippen LogP contribution in [-0.4, -0.2) is 26.5 Å². The van der Waals surface area contributed by atoms with Crippen molar-refractivity contribution in [3.05, 3.63) is 56.0 Å². The fourth-order valence-electron chi connectivity index (χ4n) is 2.07. The molecule has 0 saturated heterocycles. The molecule has 2 aromatic rings. The van der Waals surface area contributed by atoms with E-state index < -0.39 is 0 Å². The highest BCUT2D eigenvalue weighted by molar-refractivity contribution is 9.10. The number of ether oxygens (including phenoxy) is 2. The zero-order valence-corrected chi connectivity index (χ0v) is 16.1. The van der Waals surface area contributed by atoms with E-state index in [-0.39, 0.29) is 0 Å². The first-order valence-electron chi connectivity index (χ1n) is 7.20. The fourth-order valence-corrected chi connectivity index (χ4v) is 2.97. The lowest BCUT2D eigenvalue weighted by Crippen LogP contribution is -2.20. The van der Waals surface area contributed by atoms with Gasteiger partial charge in [0.05, 0.1) is 21.6 Å². The van der Waals surface area contributed by atoms with Crippen molar-refractivity contribution in [2.45, 2.75) is 6.54 Å². The molecule has 0 amide bonds. The lowest BCUT2D eigenvalue weighted by molar-refractivity contribution is 0.290. The van der Waals surface area contributed by atoms with Crippen molar-refractivity contribution in [1.82, 2.24) is 5.32 Å². The maximum Gasteiger partial charge on any atom is 0.175 e. The van der Waals surface area contributed by atoms with Crippen molar-refractivity contribution in [3.63, 3.8) is 0 Å². The van der Waals surface area contributed by atoms with E-state index in [4.69, 9.17) is 38.1 Å². The Morgan fingerprint density at radius 2 is 2.00 bits per heavy atom. The molecule has 0 atom stereocenters. The molecule has 0 radical (unpaired) electrons. The Labute approximate surface area is 159 Å². The second-order valence-corrected chi connectivity index (χ2v) is 6.62. The van der Waals surface area contributed by atoms with E-state index in [1.165, 1.54) is 6.21 Å². The predicted molar refractivity (Wildman–Crippen MR) is 102 cm³/mol. The maximum atomic E-state index is 7.32. The highest BCUT2D eigenvalue weighted by Crippen LogP contribution is 2.36. The van der Waals surface area contributed by atoms with Crippen LogP contribution in [0.3, 0.4) is 0 Å². The van der Waals surface area contributed by atoms with Gasteiger partial charge in [-0.05, 0) is 51.3 Å². The molecule has 0 aliphatic carbocycles. The third kappa shape index (κ3) is 5.11. The average molecular weight is 432 g/mol. The van der Waals surface area contributed by atoms with Crippen molar-refractivity contribution in [1.29, 1.82) is 5.41 Å². The quantitative estimate of drug-likeness (QED) is 0.460. The first kappa shape index (κ1) is 19.1. The van der Waals surface area contributed by atoms with E-state index >= 15 is 0 Å². The van der Waals surface area contributed by atoms with Gasteiger partial charge in [0.15, 0.2) is 11.5 Å². The Morgan fingerprint density at radius 3 is 2.67 bits per heavy atom. The molecule has 0 aliphatic rings. The molecule has 2 N–H and O–H groups in total. The maximum absolute atomic E-state index is 7.32. The van der Waals surface area contributed by atoms with Gasteiger partial charge in [-0.3, -0.25) is 0 Å². The molecule has 7 heteroatoms. The van der Waals surface area contributed by atoms with Gasteiger partial charge in [0.2, 0.25) is 0 Å². The van der Waals surface area contributed by atoms with Gasteiger partial charge in [-0.2, -0.15) is 0 Å². The van der Waals surface area contributed by atoms with E-state index in [2.05, 4.69) is 21.2 Å². The van der Waals surface area contributed by atoms with Gasteiger partial charge in [-0.25, -0.2) is 0 Å². The number of hydrogen-bond acceptors (Lipinski definition) is 4. The molecule has 2 rings (SSSR count). The van der Waals surface area contributed by atoms with Crippen LogP contribution in [0.15, 0.2) is 34.8 Å².